The number of aryl methyl sites for hydroxylation is 2. The molecular formula is C18H23NO3. The van der Waals surface area contributed by atoms with Crippen LogP contribution in [0.1, 0.15) is 47.2 Å². The molecule has 4 nitrogen and oxygen atoms in total. The van der Waals surface area contributed by atoms with Gasteiger partial charge < -0.3 is 14.8 Å². The third-order valence-electron chi connectivity index (χ3n) is 5.11. The topological polar surface area (TPSA) is 61.6 Å². The number of hydrogen-bond donors (Lipinski definition) is 1. The number of hydrogen-bond acceptors (Lipinski definition) is 3. The fraction of sp³-hybridized carbons (Fsp3) is 0.556. The quantitative estimate of drug-likeness (QED) is 0.783. The Bertz CT molecular complexity index is 574. The summed E-state index contributed by atoms with van der Waals surface area (Å²) in [6.07, 6.45) is 5.92. The van der Waals surface area contributed by atoms with Crippen molar-refractivity contribution in [3.8, 4) is 0 Å². The number of benzene rings is 1. The molecule has 3 rings (SSSR count). The van der Waals surface area contributed by atoms with Crippen LogP contribution in [0.3, 0.4) is 0 Å². The van der Waals surface area contributed by atoms with E-state index in [1.807, 2.05) is 6.07 Å². The van der Waals surface area contributed by atoms with E-state index in [4.69, 9.17) is 0 Å². The lowest BCUT2D eigenvalue weighted by molar-refractivity contribution is -0.897. The highest BCUT2D eigenvalue weighted by atomic mass is 16.4. The zero-order valence-electron chi connectivity index (χ0n) is 12.9. The van der Waals surface area contributed by atoms with Crippen LogP contribution in [0.4, 0.5) is 0 Å². The SMILES string of the molecule is O=C(C[NH+]1CCC(C(=O)[O-])CC1)c1ccc2c(c1)CCCC2. The van der Waals surface area contributed by atoms with Crippen LogP contribution in [0.25, 0.3) is 0 Å². The molecule has 1 aromatic rings. The minimum absolute atomic E-state index is 0.176. The number of carbonyl (C=O) groups is 2. The van der Waals surface area contributed by atoms with Gasteiger partial charge in [-0.25, -0.2) is 0 Å². The molecule has 1 saturated heterocycles. The van der Waals surface area contributed by atoms with Crippen molar-refractivity contribution in [2.24, 2.45) is 5.92 Å². The second kappa shape index (κ2) is 6.61. The Labute approximate surface area is 131 Å². The molecule has 1 aliphatic carbocycles. The van der Waals surface area contributed by atoms with Crippen molar-refractivity contribution in [2.75, 3.05) is 19.6 Å². The fourth-order valence-electron chi connectivity index (χ4n) is 3.67. The third-order valence-corrected chi connectivity index (χ3v) is 5.11. The number of nitrogens with one attached hydrogen (secondary N) is 1. The molecule has 0 aromatic heterocycles. The average Bonchev–Trinajstić information content (AvgIpc) is 2.55. The van der Waals surface area contributed by atoms with Crippen LogP contribution in [0.2, 0.25) is 0 Å². The third kappa shape index (κ3) is 3.38. The van der Waals surface area contributed by atoms with Gasteiger partial charge in [-0.05, 0) is 42.9 Å². The molecule has 1 aromatic carbocycles. The van der Waals surface area contributed by atoms with Gasteiger partial charge in [0.05, 0.1) is 13.1 Å². The van der Waals surface area contributed by atoms with Gasteiger partial charge in [-0.2, -0.15) is 0 Å². The van der Waals surface area contributed by atoms with E-state index < -0.39 is 5.97 Å². The predicted molar refractivity (Wildman–Crippen MR) is 80.7 cm³/mol. The minimum Gasteiger partial charge on any atom is -0.550 e. The second-order valence-electron chi connectivity index (χ2n) is 6.63. The van der Waals surface area contributed by atoms with Crippen LogP contribution >= 0.6 is 0 Å². The first kappa shape index (κ1) is 15.2. The van der Waals surface area contributed by atoms with Crippen LogP contribution in [0.5, 0.6) is 0 Å². The Kier molecular flexibility index (Phi) is 4.57. The van der Waals surface area contributed by atoms with Gasteiger partial charge in [0, 0.05) is 30.3 Å². The highest BCUT2D eigenvalue weighted by Gasteiger charge is 2.25. The van der Waals surface area contributed by atoms with Crippen molar-refractivity contribution in [1.29, 1.82) is 0 Å². The first-order valence-electron chi connectivity index (χ1n) is 8.33. The summed E-state index contributed by atoms with van der Waals surface area (Å²) < 4.78 is 0. The summed E-state index contributed by atoms with van der Waals surface area (Å²) in [7, 11) is 0. The number of ketones is 1. The summed E-state index contributed by atoms with van der Waals surface area (Å²) in [6.45, 7) is 1.96. The van der Waals surface area contributed by atoms with E-state index in [9.17, 15) is 14.7 Å². The van der Waals surface area contributed by atoms with Crippen LogP contribution in [-0.4, -0.2) is 31.4 Å². The van der Waals surface area contributed by atoms with Crippen molar-refractivity contribution in [3.05, 3.63) is 34.9 Å². The van der Waals surface area contributed by atoms with Gasteiger partial charge in [0.15, 0.2) is 0 Å². The number of fused-ring (bicyclic) bond motifs is 1. The maximum atomic E-state index is 12.5. The lowest BCUT2D eigenvalue weighted by Crippen LogP contribution is -3.14. The van der Waals surface area contributed by atoms with Crippen LogP contribution in [0, 0.1) is 5.92 Å². The Morgan fingerprint density at radius 3 is 2.45 bits per heavy atom. The van der Waals surface area contributed by atoms with Crippen molar-refractivity contribution in [1.82, 2.24) is 0 Å². The van der Waals surface area contributed by atoms with Gasteiger partial charge in [-0.3, -0.25) is 4.79 Å². The van der Waals surface area contributed by atoms with E-state index in [2.05, 4.69) is 12.1 Å². The zero-order valence-corrected chi connectivity index (χ0v) is 12.9. The summed E-state index contributed by atoms with van der Waals surface area (Å²) in [6, 6.07) is 6.14. The Morgan fingerprint density at radius 2 is 1.77 bits per heavy atom. The van der Waals surface area contributed by atoms with Crippen molar-refractivity contribution < 1.29 is 19.6 Å². The van der Waals surface area contributed by atoms with Crippen LogP contribution < -0.4 is 10.0 Å². The van der Waals surface area contributed by atoms with E-state index in [0.717, 1.165) is 31.5 Å². The lowest BCUT2D eigenvalue weighted by atomic mass is 9.89. The number of Topliss-reactive ketones (excluding diaryl/α,β-unsaturated/α-hetero) is 1. The maximum absolute atomic E-state index is 12.5. The Balaban J connectivity index is 1.59. The molecule has 0 bridgehead atoms. The van der Waals surface area contributed by atoms with Gasteiger partial charge in [0.25, 0.3) is 0 Å². The molecule has 1 aliphatic heterocycles. The monoisotopic (exact) mass is 301 g/mol. The minimum atomic E-state index is -0.944. The molecule has 0 atom stereocenters. The largest absolute Gasteiger partial charge is 0.550 e. The molecule has 1 N–H and O–H groups in total. The van der Waals surface area contributed by atoms with E-state index in [-0.39, 0.29) is 11.7 Å². The van der Waals surface area contributed by atoms with Crippen molar-refractivity contribution in [2.45, 2.75) is 38.5 Å². The molecule has 2 aliphatic rings. The standard InChI is InChI=1S/C18H23NO3/c20-17(12-19-9-7-14(8-10-19)18(21)22)16-6-5-13-3-1-2-4-15(13)11-16/h5-6,11,14H,1-4,7-10,12H2,(H,21,22). The van der Waals surface area contributed by atoms with E-state index in [1.165, 1.54) is 28.9 Å². The number of carboxylic acid groups (broad SMARTS) is 1. The normalized spacial score (nSPS) is 24.5. The molecule has 4 heteroatoms. The molecule has 0 radical (unpaired) electrons. The predicted octanol–water partition coefficient (Wildman–Crippen LogP) is -0.207. The number of carbonyl (C=O) groups excluding carboxylic acids is 2. The van der Waals surface area contributed by atoms with Crippen LogP contribution in [0.15, 0.2) is 18.2 Å². The van der Waals surface area contributed by atoms with E-state index in [1.54, 1.807) is 0 Å². The zero-order chi connectivity index (χ0) is 15.5. The number of piperidine rings is 1. The van der Waals surface area contributed by atoms with Gasteiger partial charge >= 0.3 is 0 Å². The number of quaternary nitrogens is 1. The first-order chi connectivity index (χ1) is 10.6. The fourth-order valence-corrected chi connectivity index (χ4v) is 3.67. The molecule has 118 valence electrons. The Morgan fingerprint density at radius 1 is 1.09 bits per heavy atom. The molecule has 0 spiro atoms. The van der Waals surface area contributed by atoms with Crippen molar-refractivity contribution >= 4 is 11.8 Å². The number of rotatable bonds is 4. The molecule has 22 heavy (non-hydrogen) atoms. The lowest BCUT2D eigenvalue weighted by Gasteiger charge is -2.29. The second-order valence-corrected chi connectivity index (χ2v) is 6.63. The van der Waals surface area contributed by atoms with Crippen LogP contribution in [-0.2, 0) is 17.6 Å². The van der Waals surface area contributed by atoms with Gasteiger partial charge in [0.1, 0.15) is 6.54 Å². The van der Waals surface area contributed by atoms with Gasteiger partial charge in [-0.15, -0.1) is 0 Å². The highest BCUT2D eigenvalue weighted by Crippen LogP contribution is 2.22. The summed E-state index contributed by atoms with van der Waals surface area (Å²) in [5.41, 5.74) is 3.54. The number of aliphatic carboxylic acids is 1. The molecular weight excluding hydrogens is 278 g/mol. The highest BCUT2D eigenvalue weighted by molar-refractivity contribution is 5.97. The first-order valence-corrected chi connectivity index (χ1v) is 8.33. The smallest absolute Gasteiger partial charge is 0.216 e. The molecule has 1 heterocycles. The molecule has 0 amide bonds. The number of likely N-dealkylation sites (tertiary alicyclic amines) is 1. The van der Waals surface area contributed by atoms with Crippen molar-refractivity contribution in [3.63, 3.8) is 0 Å². The molecule has 0 unspecified atom stereocenters. The number of carboxylic acids is 1. The summed E-state index contributed by atoms with van der Waals surface area (Å²) in [5.74, 6) is -1.10. The maximum Gasteiger partial charge on any atom is 0.216 e. The van der Waals surface area contributed by atoms with E-state index in [0.29, 0.717) is 19.4 Å². The Hall–Kier alpha value is -1.68. The average molecular weight is 301 g/mol. The van der Waals surface area contributed by atoms with E-state index >= 15 is 0 Å². The van der Waals surface area contributed by atoms with Gasteiger partial charge in [0.2, 0.25) is 5.78 Å². The summed E-state index contributed by atoms with van der Waals surface area (Å²) >= 11 is 0. The van der Waals surface area contributed by atoms with Gasteiger partial charge in [-0.1, -0.05) is 12.1 Å². The molecule has 1 fully saturated rings. The summed E-state index contributed by atoms with van der Waals surface area (Å²) in [5, 5.41) is 10.9. The summed E-state index contributed by atoms with van der Waals surface area (Å²) in [4.78, 5) is 24.5. The molecule has 0 saturated carbocycles.